The predicted molar refractivity (Wildman–Crippen MR) is 81.8 cm³/mol. The van der Waals surface area contributed by atoms with Gasteiger partial charge in [-0.1, -0.05) is 18.5 Å². The molecule has 0 amide bonds. The highest BCUT2D eigenvalue weighted by molar-refractivity contribution is 7.00. The molecule has 2 aromatic heterocycles. The Labute approximate surface area is 130 Å². The molecule has 3 rings (SSSR count). The Hall–Kier alpha value is -1.64. The fourth-order valence-electron chi connectivity index (χ4n) is 2.09. The van der Waals surface area contributed by atoms with E-state index in [1.807, 2.05) is 13.0 Å². The lowest BCUT2D eigenvalue weighted by Gasteiger charge is -2.13. The molecule has 0 aliphatic heterocycles. The van der Waals surface area contributed by atoms with Crippen LogP contribution in [0.25, 0.3) is 16.7 Å². The average molecular weight is 324 g/mol. The van der Waals surface area contributed by atoms with Crippen molar-refractivity contribution >= 4 is 34.4 Å². The summed E-state index contributed by atoms with van der Waals surface area (Å²) in [6.45, 7) is 5.02. The molecule has 1 atom stereocenters. The molecule has 0 aliphatic carbocycles. The number of hydrogen-bond donors (Lipinski definition) is 1. The van der Waals surface area contributed by atoms with E-state index in [1.165, 1.54) is 0 Å². The van der Waals surface area contributed by atoms with Gasteiger partial charge in [0.2, 0.25) is 0 Å². The molecule has 3 aromatic rings. The van der Waals surface area contributed by atoms with Gasteiger partial charge in [0, 0.05) is 0 Å². The fraction of sp³-hybridized carbons (Fsp3) is 0.417. The van der Waals surface area contributed by atoms with E-state index in [2.05, 4.69) is 36.5 Å². The summed E-state index contributed by atoms with van der Waals surface area (Å²) < 4.78 is 10.2. The van der Waals surface area contributed by atoms with Crippen LogP contribution in [-0.2, 0) is 0 Å². The van der Waals surface area contributed by atoms with E-state index < -0.39 is 0 Å². The average Bonchev–Trinajstić information content (AvgIpc) is 3.13. The Morgan fingerprint density at radius 3 is 3.05 bits per heavy atom. The highest BCUT2D eigenvalue weighted by Crippen LogP contribution is 2.29. The molecule has 1 unspecified atom stereocenters. The summed E-state index contributed by atoms with van der Waals surface area (Å²) in [7, 11) is 0. The second-order valence-electron chi connectivity index (χ2n) is 4.65. The molecular formula is C12H14ClN7S. The van der Waals surface area contributed by atoms with Gasteiger partial charge < -0.3 is 5.32 Å². The zero-order chi connectivity index (χ0) is 14.8. The van der Waals surface area contributed by atoms with Gasteiger partial charge in [0.05, 0.1) is 22.8 Å². The van der Waals surface area contributed by atoms with Crippen LogP contribution in [0, 0.1) is 0 Å². The number of nitrogens with zero attached hydrogens (tertiary/aromatic N) is 6. The minimum absolute atomic E-state index is 0.0119. The summed E-state index contributed by atoms with van der Waals surface area (Å²) in [4.78, 5) is 0. The van der Waals surface area contributed by atoms with Gasteiger partial charge >= 0.3 is 0 Å². The Morgan fingerprint density at radius 2 is 2.24 bits per heavy atom. The minimum Gasteiger partial charge on any atom is -0.307 e. The third-order valence-electron chi connectivity index (χ3n) is 3.15. The van der Waals surface area contributed by atoms with Crippen LogP contribution in [0.2, 0.25) is 5.02 Å². The lowest BCUT2D eigenvalue weighted by molar-refractivity contribution is 0.531. The maximum Gasteiger partial charge on any atom is 0.173 e. The Balaban J connectivity index is 2.09. The van der Waals surface area contributed by atoms with E-state index in [0.717, 1.165) is 30.2 Å². The van der Waals surface area contributed by atoms with E-state index in [-0.39, 0.29) is 6.04 Å². The van der Waals surface area contributed by atoms with Crippen molar-refractivity contribution in [3.05, 3.63) is 23.0 Å². The molecule has 9 heteroatoms. The maximum absolute atomic E-state index is 6.33. The first-order valence-corrected chi connectivity index (χ1v) is 7.76. The molecule has 7 nitrogen and oxygen atoms in total. The van der Waals surface area contributed by atoms with E-state index in [4.69, 9.17) is 11.6 Å². The number of fused-ring (bicyclic) bond motifs is 1. The zero-order valence-corrected chi connectivity index (χ0v) is 13.2. The number of halogens is 1. The predicted octanol–water partition coefficient (Wildman–Crippen LogP) is 2.38. The van der Waals surface area contributed by atoms with Crippen molar-refractivity contribution in [2.75, 3.05) is 6.54 Å². The molecule has 0 fully saturated rings. The van der Waals surface area contributed by atoms with Crippen molar-refractivity contribution in [1.82, 2.24) is 34.3 Å². The molecule has 0 saturated heterocycles. The summed E-state index contributed by atoms with van der Waals surface area (Å²) >= 11 is 7.48. The third-order valence-corrected chi connectivity index (χ3v) is 3.99. The van der Waals surface area contributed by atoms with Crippen LogP contribution in [0.1, 0.15) is 32.1 Å². The van der Waals surface area contributed by atoms with Gasteiger partial charge in [-0.15, -0.1) is 5.10 Å². The lowest BCUT2D eigenvalue weighted by Crippen LogP contribution is -2.23. The van der Waals surface area contributed by atoms with Gasteiger partial charge in [-0.3, -0.25) is 0 Å². The van der Waals surface area contributed by atoms with Crippen LogP contribution < -0.4 is 5.32 Å². The molecule has 0 saturated carbocycles. The van der Waals surface area contributed by atoms with E-state index in [0.29, 0.717) is 22.1 Å². The van der Waals surface area contributed by atoms with Gasteiger partial charge in [0.1, 0.15) is 16.7 Å². The second-order valence-corrected chi connectivity index (χ2v) is 5.59. The molecule has 1 aromatic carbocycles. The van der Waals surface area contributed by atoms with Crippen LogP contribution in [0.5, 0.6) is 0 Å². The third kappa shape index (κ3) is 2.61. The van der Waals surface area contributed by atoms with Gasteiger partial charge in [-0.05, 0) is 42.4 Å². The highest BCUT2D eigenvalue weighted by Gasteiger charge is 2.20. The van der Waals surface area contributed by atoms with Gasteiger partial charge in [0.15, 0.2) is 5.82 Å². The molecule has 2 heterocycles. The summed E-state index contributed by atoms with van der Waals surface area (Å²) in [6.07, 6.45) is 1.04. The maximum atomic E-state index is 6.33. The summed E-state index contributed by atoms with van der Waals surface area (Å²) in [5.74, 6) is 0.700. The van der Waals surface area contributed by atoms with Crippen LogP contribution in [0.4, 0.5) is 0 Å². The van der Waals surface area contributed by atoms with Crippen LogP contribution >= 0.6 is 23.3 Å². The van der Waals surface area contributed by atoms with Crippen molar-refractivity contribution in [1.29, 1.82) is 0 Å². The largest absolute Gasteiger partial charge is 0.307 e. The first kappa shape index (κ1) is 14.3. The molecule has 0 spiro atoms. The van der Waals surface area contributed by atoms with E-state index >= 15 is 0 Å². The van der Waals surface area contributed by atoms with Gasteiger partial charge in [-0.25, -0.2) is 0 Å². The molecule has 110 valence electrons. The number of benzene rings is 1. The minimum atomic E-state index is 0.0119. The number of rotatable bonds is 5. The normalized spacial score (nSPS) is 12.9. The van der Waals surface area contributed by atoms with Crippen molar-refractivity contribution in [3.63, 3.8) is 0 Å². The summed E-state index contributed by atoms with van der Waals surface area (Å²) in [6, 6.07) is 3.64. The van der Waals surface area contributed by atoms with Gasteiger partial charge in [-0.2, -0.15) is 13.4 Å². The number of aromatic nitrogens is 6. The lowest BCUT2D eigenvalue weighted by atomic mass is 10.2. The van der Waals surface area contributed by atoms with E-state index in [9.17, 15) is 0 Å². The molecule has 21 heavy (non-hydrogen) atoms. The summed E-state index contributed by atoms with van der Waals surface area (Å²) in [5.41, 5.74) is 2.17. The first-order valence-electron chi connectivity index (χ1n) is 6.65. The highest BCUT2D eigenvalue weighted by atomic mass is 35.5. The van der Waals surface area contributed by atoms with Crippen molar-refractivity contribution < 1.29 is 0 Å². The Kier molecular flexibility index (Phi) is 4.09. The topological polar surface area (TPSA) is 81.4 Å². The molecule has 0 aliphatic rings. The Morgan fingerprint density at radius 1 is 1.38 bits per heavy atom. The van der Waals surface area contributed by atoms with Gasteiger partial charge in [0.25, 0.3) is 0 Å². The smallest absolute Gasteiger partial charge is 0.173 e. The Bertz CT molecular complexity index is 753. The van der Waals surface area contributed by atoms with Crippen molar-refractivity contribution in [3.8, 4) is 5.69 Å². The number of tetrazole rings is 1. The molecule has 0 bridgehead atoms. The second kappa shape index (κ2) is 6.00. The van der Waals surface area contributed by atoms with Crippen LogP contribution in [0.3, 0.4) is 0 Å². The first-order chi connectivity index (χ1) is 10.2. The molecular weight excluding hydrogens is 310 g/mol. The van der Waals surface area contributed by atoms with Crippen LogP contribution in [-0.4, -0.2) is 35.5 Å². The monoisotopic (exact) mass is 323 g/mol. The number of nitrogens with one attached hydrogen (secondary N) is 1. The summed E-state index contributed by atoms with van der Waals surface area (Å²) in [5, 5.41) is 15.9. The quantitative estimate of drug-likeness (QED) is 0.776. The molecule has 0 radical (unpaired) electrons. The zero-order valence-electron chi connectivity index (χ0n) is 11.6. The van der Waals surface area contributed by atoms with E-state index in [1.54, 1.807) is 10.7 Å². The standard InChI is InChI=1S/C12H14ClN7S/c1-3-6-14-7(2)12-15-18-19-20(12)11-8(13)4-5-9-10(11)17-21-16-9/h4-5,7,14H,3,6H2,1-2H3. The SMILES string of the molecule is CCCNC(C)c1nnnn1-c1c(Cl)ccc2nsnc12. The molecule has 1 N–H and O–H groups in total. The fourth-order valence-corrected chi connectivity index (χ4v) is 2.86. The van der Waals surface area contributed by atoms with Crippen molar-refractivity contribution in [2.45, 2.75) is 26.3 Å². The number of hydrogen-bond acceptors (Lipinski definition) is 7. The van der Waals surface area contributed by atoms with Crippen LogP contribution in [0.15, 0.2) is 12.1 Å². The van der Waals surface area contributed by atoms with Crippen molar-refractivity contribution in [2.24, 2.45) is 0 Å².